The van der Waals surface area contributed by atoms with E-state index in [9.17, 15) is 9.90 Å². The van der Waals surface area contributed by atoms with Crippen LogP contribution in [0.3, 0.4) is 0 Å². The van der Waals surface area contributed by atoms with Crippen molar-refractivity contribution in [1.82, 2.24) is 5.43 Å². The lowest BCUT2D eigenvalue weighted by molar-refractivity contribution is -0.123. The Morgan fingerprint density at radius 1 is 1.32 bits per heavy atom. The molecule has 2 aromatic rings. The van der Waals surface area contributed by atoms with Gasteiger partial charge in [-0.3, -0.25) is 4.79 Å². The molecule has 0 aliphatic rings. The number of ether oxygens (including phenoxy) is 2. The molecule has 25 heavy (non-hydrogen) atoms. The summed E-state index contributed by atoms with van der Waals surface area (Å²) in [5, 5.41) is 13.9. The van der Waals surface area contributed by atoms with Gasteiger partial charge in [0.1, 0.15) is 5.75 Å². The summed E-state index contributed by atoms with van der Waals surface area (Å²) in [6.07, 6.45) is 1.33. The molecule has 0 aromatic heterocycles. The van der Waals surface area contributed by atoms with E-state index in [1.807, 2.05) is 32.0 Å². The van der Waals surface area contributed by atoms with Gasteiger partial charge in [0.25, 0.3) is 5.91 Å². The van der Waals surface area contributed by atoms with E-state index in [4.69, 9.17) is 9.47 Å². The summed E-state index contributed by atoms with van der Waals surface area (Å²) in [4.78, 5) is 11.9. The largest absolute Gasteiger partial charge is 0.504 e. The van der Waals surface area contributed by atoms with Crippen LogP contribution in [0.2, 0.25) is 0 Å². The molecule has 0 spiro atoms. The number of carbonyl (C=O) groups excluding carboxylic acids is 1. The number of nitrogens with one attached hydrogen (secondary N) is 1. The maximum absolute atomic E-state index is 11.9. The lowest BCUT2D eigenvalue weighted by atomic mass is 10.1. The zero-order valence-electron chi connectivity index (χ0n) is 14.2. The quantitative estimate of drug-likeness (QED) is 0.569. The third-order valence-corrected chi connectivity index (χ3v) is 3.90. The molecule has 6 nitrogen and oxygen atoms in total. The average Bonchev–Trinajstić information content (AvgIpc) is 2.57. The van der Waals surface area contributed by atoms with Crippen LogP contribution in [0.4, 0.5) is 0 Å². The van der Waals surface area contributed by atoms with Gasteiger partial charge < -0.3 is 14.6 Å². The Kier molecular flexibility index (Phi) is 6.41. The number of carbonyl (C=O) groups is 1. The summed E-state index contributed by atoms with van der Waals surface area (Å²) in [6, 6.07) is 9.05. The maximum Gasteiger partial charge on any atom is 0.277 e. The number of amides is 1. The van der Waals surface area contributed by atoms with Crippen LogP contribution in [0.25, 0.3) is 0 Å². The van der Waals surface area contributed by atoms with E-state index in [0.717, 1.165) is 11.1 Å². The highest BCUT2D eigenvalue weighted by atomic mass is 79.9. The molecule has 132 valence electrons. The number of hydrogen-bond acceptors (Lipinski definition) is 5. The van der Waals surface area contributed by atoms with Crippen LogP contribution < -0.4 is 14.9 Å². The van der Waals surface area contributed by atoms with Crippen molar-refractivity contribution in [1.29, 1.82) is 0 Å². The Balaban J connectivity index is 1.96. The molecule has 2 aromatic carbocycles. The van der Waals surface area contributed by atoms with Gasteiger partial charge in [-0.25, -0.2) is 5.43 Å². The minimum Gasteiger partial charge on any atom is -0.504 e. The third kappa shape index (κ3) is 4.96. The van der Waals surface area contributed by atoms with Crippen molar-refractivity contribution in [2.45, 2.75) is 13.8 Å². The Hall–Kier alpha value is -2.54. The van der Waals surface area contributed by atoms with Crippen molar-refractivity contribution in [3.8, 4) is 17.2 Å². The molecule has 0 aliphatic carbocycles. The fourth-order valence-corrected chi connectivity index (χ4v) is 2.67. The topological polar surface area (TPSA) is 80.2 Å². The van der Waals surface area contributed by atoms with Crippen molar-refractivity contribution in [3.63, 3.8) is 0 Å². The first-order valence-electron chi connectivity index (χ1n) is 7.49. The second-order valence-corrected chi connectivity index (χ2v) is 6.26. The molecule has 0 fully saturated rings. The van der Waals surface area contributed by atoms with E-state index in [2.05, 4.69) is 26.5 Å². The minimum absolute atomic E-state index is 0.0597. The first kappa shape index (κ1) is 18.8. The second kappa shape index (κ2) is 8.53. The monoisotopic (exact) mass is 406 g/mol. The van der Waals surface area contributed by atoms with E-state index in [1.54, 1.807) is 12.1 Å². The molecule has 2 rings (SSSR count). The van der Waals surface area contributed by atoms with Crippen LogP contribution in [0.5, 0.6) is 17.2 Å². The summed E-state index contributed by atoms with van der Waals surface area (Å²) >= 11 is 3.31. The number of halogens is 1. The lowest BCUT2D eigenvalue weighted by Gasteiger charge is -2.10. The number of phenols is 1. The highest BCUT2D eigenvalue weighted by Crippen LogP contribution is 2.32. The van der Waals surface area contributed by atoms with Crippen LogP contribution >= 0.6 is 15.9 Å². The zero-order chi connectivity index (χ0) is 18.4. The van der Waals surface area contributed by atoms with Gasteiger partial charge in [-0.05, 0) is 37.1 Å². The summed E-state index contributed by atoms with van der Waals surface area (Å²) in [7, 11) is 1.45. The molecule has 7 heteroatoms. The van der Waals surface area contributed by atoms with E-state index >= 15 is 0 Å². The number of rotatable bonds is 6. The summed E-state index contributed by atoms with van der Waals surface area (Å²) in [5.74, 6) is 0.535. The summed E-state index contributed by atoms with van der Waals surface area (Å²) in [5.41, 5.74) is 4.69. The number of phenolic OH excluding ortho intramolecular Hbond substituents is 1. The van der Waals surface area contributed by atoms with Gasteiger partial charge in [0.2, 0.25) is 0 Å². The van der Waals surface area contributed by atoms with Gasteiger partial charge in [0.15, 0.2) is 18.1 Å². The molecule has 2 N–H and O–H groups in total. The molecule has 1 amide bonds. The predicted molar refractivity (Wildman–Crippen MR) is 99.5 cm³/mol. The molecule has 0 unspecified atom stereocenters. The normalized spacial score (nSPS) is 10.7. The maximum atomic E-state index is 11.9. The Morgan fingerprint density at radius 2 is 2.00 bits per heavy atom. The second-order valence-electron chi connectivity index (χ2n) is 5.35. The number of aromatic hydroxyl groups is 1. The first-order valence-corrected chi connectivity index (χ1v) is 8.29. The zero-order valence-corrected chi connectivity index (χ0v) is 15.8. The fourth-order valence-electron chi connectivity index (χ4n) is 2.22. The smallest absolute Gasteiger partial charge is 0.277 e. The molecular weight excluding hydrogens is 388 g/mol. The Bertz CT molecular complexity index is 786. The van der Waals surface area contributed by atoms with E-state index in [0.29, 0.717) is 21.5 Å². The minimum atomic E-state index is -0.402. The van der Waals surface area contributed by atoms with Crippen molar-refractivity contribution in [2.75, 3.05) is 13.7 Å². The van der Waals surface area contributed by atoms with Crippen molar-refractivity contribution < 1.29 is 19.4 Å². The van der Waals surface area contributed by atoms with Crippen molar-refractivity contribution in [3.05, 3.63) is 51.5 Å². The van der Waals surface area contributed by atoms with E-state index < -0.39 is 5.91 Å². The first-order chi connectivity index (χ1) is 11.9. The lowest BCUT2D eigenvalue weighted by Crippen LogP contribution is -2.25. The van der Waals surface area contributed by atoms with Crippen LogP contribution in [-0.4, -0.2) is 30.9 Å². The van der Waals surface area contributed by atoms with Gasteiger partial charge in [-0.2, -0.15) is 5.10 Å². The van der Waals surface area contributed by atoms with E-state index in [-0.39, 0.29) is 12.4 Å². The van der Waals surface area contributed by atoms with Crippen LogP contribution in [-0.2, 0) is 4.79 Å². The predicted octanol–water partition coefficient (Wildman–Crippen LogP) is 3.31. The average molecular weight is 407 g/mol. The van der Waals surface area contributed by atoms with Crippen molar-refractivity contribution >= 4 is 28.1 Å². The Labute approximate surface area is 154 Å². The SMILES string of the molecule is COc1cc(Br)cc(/C=N\NC(=O)COc2c(C)cccc2C)c1O. The molecule has 0 saturated carbocycles. The van der Waals surface area contributed by atoms with E-state index in [1.165, 1.54) is 13.3 Å². The van der Waals surface area contributed by atoms with Crippen LogP contribution in [0, 0.1) is 13.8 Å². The standard InChI is InChI=1S/C18H19BrN2O4/c1-11-5-4-6-12(2)18(11)25-10-16(22)21-20-9-13-7-14(19)8-15(24-3)17(13)23/h4-9,23H,10H2,1-3H3,(H,21,22)/b20-9-. The fraction of sp³-hybridized carbons (Fsp3) is 0.222. The third-order valence-electron chi connectivity index (χ3n) is 3.44. The highest BCUT2D eigenvalue weighted by molar-refractivity contribution is 9.10. The number of hydrazone groups is 1. The van der Waals surface area contributed by atoms with Crippen LogP contribution in [0.15, 0.2) is 39.9 Å². The van der Waals surface area contributed by atoms with Crippen LogP contribution in [0.1, 0.15) is 16.7 Å². The van der Waals surface area contributed by atoms with Gasteiger partial charge in [-0.1, -0.05) is 34.1 Å². The molecule has 0 saturated heterocycles. The molecule has 0 aliphatic heterocycles. The van der Waals surface area contributed by atoms with Gasteiger partial charge in [-0.15, -0.1) is 0 Å². The summed E-state index contributed by atoms with van der Waals surface area (Å²) in [6.45, 7) is 3.68. The van der Waals surface area contributed by atoms with Gasteiger partial charge in [0, 0.05) is 10.0 Å². The number of methoxy groups -OCH3 is 1. The molecular formula is C18H19BrN2O4. The molecule has 0 atom stereocenters. The Morgan fingerprint density at radius 3 is 2.64 bits per heavy atom. The summed E-state index contributed by atoms with van der Waals surface area (Å²) < 4.78 is 11.3. The molecule has 0 radical (unpaired) electrons. The number of hydrogen-bond donors (Lipinski definition) is 2. The van der Waals surface area contributed by atoms with Gasteiger partial charge in [0.05, 0.1) is 13.3 Å². The number of para-hydroxylation sites is 1. The highest BCUT2D eigenvalue weighted by Gasteiger charge is 2.09. The van der Waals surface area contributed by atoms with Gasteiger partial charge >= 0.3 is 0 Å². The number of benzene rings is 2. The number of aryl methyl sites for hydroxylation is 2. The molecule has 0 heterocycles. The number of nitrogens with zero attached hydrogens (tertiary/aromatic N) is 1. The van der Waals surface area contributed by atoms with Crippen molar-refractivity contribution in [2.24, 2.45) is 5.10 Å². The molecule has 0 bridgehead atoms.